The number of hydrogen-bond acceptors (Lipinski definition) is 2. The van der Waals surface area contributed by atoms with Crippen molar-refractivity contribution in [3.63, 3.8) is 0 Å². The fourth-order valence-electron chi connectivity index (χ4n) is 2.64. The van der Waals surface area contributed by atoms with E-state index in [4.69, 9.17) is 4.74 Å². The number of nitrogens with one attached hydrogen (secondary N) is 1. The second-order valence-corrected chi connectivity index (χ2v) is 5.17. The molecule has 1 fully saturated rings. The number of rotatable bonds is 6. The van der Waals surface area contributed by atoms with Crippen molar-refractivity contribution in [2.45, 2.75) is 39.2 Å². The zero-order valence-electron chi connectivity index (χ0n) is 11.1. The van der Waals surface area contributed by atoms with Crippen molar-refractivity contribution in [2.24, 2.45) is 5.41 Å². The van der Waals surface area contributed by atoms with E-state index in [1.54, 1.807) is 7.11 Å². The molecule has 1 aromatic rings. The molecule has 94 valence electrons. The second kappa shape index (κ2) is 5.09. The van der Waals surface area contributed by atoms with Crippen LogP contribution in [-0.4, -0.2) is 19.7 Å². The highest BCUT2D eigenvalue weighted by atomic mass is 16.5. The lowest BCUT2D eigenvalue weighted by Crippen LogP contribution is -2.35. The molecule has 1 aliphatic carbocycles. The average molecular weight is 233 g/mol. The van der Waals surface area contributed by atoms with Crippen LogP contribution < -0.4 is 10.1 Å². The minimum absolute atomic E-state index is 0.488. The molecule has 1 N–H and O–H groups in total. The Bertz CT molecular complexity index is 371. The lowest BCUT2D eigenvalue weighted by Gasteiger charge is -2.24. The van der Waals surface area contributed by atoms with Crippen LogP contribution in [0, 0.1) is 5.41 Å². The predicted octanol–water partition coefficient (Wildman–Crippen LogP) is 3.02. The first-order valence-electron chi connectivity index (χ1n) is 6.56. The van der Waals surface area contributed by atoms with Crippen LogP contribution >= 0.6 is 0 Å². The SMILES string of the molecule is CCNC(C)C1(Cc2cccc(OC)c2)CC1. The maximum Gasteiger partial charge on any atom is 0.119 e. The quantitative estimate of drug-likeness (QED) is 0.815. The van der Waals surface area contributed by atoms with E-state index in [1.165, 1.54) is 24.8 Å². The Morgan fingerprint density at radius 1 is 1.41 bits per heavy atom. The van der Waals surface area contributed by atoms with Crippen molar-refractivity contribution < 1.29 is 4.74 Å². The Morgan fingerprint density at radius 2 is 2.18 bits per heavy atom. The van der Waals surface area contributed by atoms with E-state index in [-0.39, 0.29) is 0 Å². The summed E-state index contributed by atoms with van der Waals surface area (Å²) in [6.45, 7) is 5.55. The summed E-state index contributed by atoms with van der Waals surface area (Å²) >= 11 is 0. The third-order valence-corrected chi connectivity index (χ3v) is 4.01. The monoisotopic (exact) mass is 233 g/mol. The van der Waals surface area contributed by atoms with E-state index >= 15 is 0 Å². The van der Waals surface area contributed by atoms with Crippen LogP contribution in [-0.2, 0) is 6.42 Å². The van der Waals surface area contributed by atoms with Gasteiger partial charge in [0.15, 0.2) is 0 Å². The topological polar surface area (TPSA) is 21.3 Å². The summed E-state index contributed by atoms with van der Waals surface area (Å²) in [5, 5.41) is 3.57. The number of benzene rings is 1. The van der Waals surface area contributed by atoms with E-state index in [0.717, 1.165) is 12.3 Å². The summed E-state index contributed by atoms with van der Waals surface area (Å²) in [4.78, 5) is 0. The maximum atomic E-state index is 5.28. The minimum atomic E-state index is 0.488. The molecule has 17 heavy (non-hydrogen) atoms. The van der Waals surface area contributed by atoms with Crippen molar-refractivity contribution >= 4 is 0 Å². The highest BCUT2D eigenvalue weighted by molar-refractivity contribution is 5.30. The van der Waals surface area contributed by atoms with Gasteiger partial charge in [-0.1, -0.05) is 19.1 Å². The molecule has 0 aliphatic heterocycles. The molecule has 0 radical (unpaired) electrons. The van der Waals surface area contributed by atoms with Crippen molar-refractivity contribution in [1.82, 2.24) is 5.32 Å². The molecule has 2 rings (SSSR count). The molecule has 0 bridgehead atoms. The molecule has 0 aromatic heterocycles. The number of methoxy groups -OCH3 is 1. The summed E-state index contributed by atoms with van der Waals surface area (Å²) in [6.07, 6.45) is 3.86. The lowest BCUT2D eigenvalue weighted by molar-refractivity contribution is 0.354. The summed E-state index contributed by atoms with van der Waals surface area (Å²) in [6, 6.07) is 9.08. The first-order chi connectivity index (χ1) is 8.20. The molecule has 1 aromatic carbocycles. The molecule has 2 nitrogen and oxygen atoms in total. The molecule has 1 aliphatic rings. The zero-order valence-corrected chi connectivity index (χ0v) is 11.1. The highest BCUT2D eigenvalue weighted by Crippen LogP contribution is 2.51. The molecule has 2 heteroatoms. The summed E-state index contributed by atoms with van der Waals surface area (Å²) < 4.78 is 5.28. The van der Waals surface area contributed by atoms with Crippen molar-refractivity contribution in [2.75, 3.05) is 13.7 Å². The van der Waals surface area contributed by atoms with E-state index in [1.807, 2.05) is 6.07 Å². The average Bonchev–Trinajstić information content (AvgIpc) is 3.11. The fraction of sp³-hybridized carbons (Fsp3) is 0.600. The van der Waals surface area contributed by atoms with Gasteiger partial charge in [0.25, 0.3) is 0 Å². The molecule has 0 heterocycles. The predicted molar refractivity (Wildman–Crippen MR) is 71.5 cm³/mol. The van der Waals surface area contributed by atoms with E-state index in [2.05, 4.69) is 37.4 Å². The van der Waals surface area contributed by atoms with Gasteiger partial charge in [-0.15, -0.1) is 0 Å². The standard InChI is InChI=1S/C15H23NO/c1-4-16-12(2)15(8-9-15)11-13-6-5-7-14(10-13)17-3/h5-7,10,12,16H,4,8-9,11H2,1-3H3. The largest absolute Gasteiger partial charge is 0.497 e. The van der Waals surface area contributed by atoms with Crippen LogP contribution in [0.2, 0.25) is 0 Å². The Labute approximate surface area is 104 Å². The molecule has 1 atom stereocenters. The van der Waals surface area contributed by atoms with Crippen molar-refractivity contribution in [3.8, 4) is 5.75 Å². The van der Waals surface area contributed by atoms with Gasteiger partial charge in [0, 0.05) is 6.04 Å². The van der Waals surface area contributed by atoms with Gasteiger partial charge in [0.1, 0.15) is 5.75 Å². The van der Waals surface area contributed by atoms with Gasteiger partial charge in [-0.2, -0.15) is 0 Å². The van der Waals surface area contributed by atoms with Crippen LogP contribution in [0.3, 0.4) is 0 Å². The van der Waals surface area contributed by atoms with Gasteiger partial charge in [-0.25, -0.2) is 0 Å². The molecule has 0 spiro atoms. The fourth-order valence-corrected chi connectivity index (χ4v) is 2.64. The Hall–Kier alpha value is -1.02. The maximum absolute atomic E-state index is 5.28. The lowest BCUT2D eigenvalue weighted by atomic mass is 9.89. The first kappa shape index (κ1) is 12.4. The second-order valence-electron chi connectivity index (χ2n) is 5.17. The number of ether oxygens (including phenoxy) is 1. The van der Waals surface area contributed by atoms with Crippen LogP contribution in [0.15, 0.2) is 24.3 Å². The molecular weight excluding hydrogens is 210 g/mol. The van der Waals surface area contributed by atoms with Crippen LogP contribution in [0.4, 0.5) is 0 Å². The van der Waals surface area contributed by atoms with Crippen LogP contribution in [0.1, 0.15) is 32.3 Å². The summed E-state index contributed by atoms with van der Waals surface area (Å²) in [5.41, 5.74) is 1.88. The Morgan fingerprint density at radius 3 is 2.76 bits per heavy atom. The third kappa shape index (κ3) is 2.81. The van der Waals surface area contributed by atoms with E-state index in [9.17, 15) is 0 Å². The van der Waals surface area contributed by atoms with Gasteiger partial charge >= 0.3 is 0 Å². The van der Waals surface area contributed by atoms with Gasteiger partial charge < -0.3 is 10.1 Å². The molecule has 1 unspecified atom stereocenters. The normalized spacial score (nSPS) is 18.8. The highest BCUT2D eigenvalue weighted by Gasteiger charge is 2.46. The van der Waals surface area contributed by atoms with Crippen molar-refractivity contribution in [1.29, 1.82) is 0 Å². The molecule has 0 saturated heterocycles. The van der Waals surface area contributed by atoms with Crippen LogP contribution in [0.5, 0.6) is 5.75 Å². The minimum Gasteiger partial charge on any atom is -0.497 e. The molecular formula is C15H23NO. The molecule has 1 saturated carbocycles. The summed E-state index contributed by atoms with van der Waals surface area (Å²) in [7, 11) is 1.73. The summed E-state index contributed by atoms with van der Waals surface area (Å²) in [5.74, 6) is 0.967. The Balaban J connectivity index is 2.04. The Kier molecular flexibility index (Phi) is 3.72. The van der Waals surface area contributed by atoms with Gasteiger partial charge in [-0.05, 0) is 55.8 Å². The zero-order chi connectivity index (χ0) is 12.3. The van der Waals surface area contributed by atoms with Crippen molar-refractivity contribution in [3.05, 3.63) is 29.8 Å². The van der Waals surface area contributed by atoms with E-state index < -0.39 is 0 Å². The third-order valence-electron chi connectivity index (χ3n) is 4.01. The van der Waals surface area contributed by atoms with Crippen LogP contribution in [0.25, 0.3) is 0 Å². The molecule has 0 amide bonds. The van der Waals surface area contributed by atoms with E-state index in [0.29, 0.717) is 11.5 Å². The number of hydrogen-bond donors (Lipinski definition) is 1. The van der Waals surface area contributed by atoms with Gasteiger partial charge in [0.05, 0.1) is 7.11 Å². The van der Waals surface area contributed by atoms with Gasteiger partial charge in [-0.3, -0.25) is 0 Å². The first-order valence-corrected chi connectivity index (χ1v) is 6.56. The smallest absolute Gasteiger partial charge is 0.119 e. The van der Waals surface area contributed by atoms with Gasteiger partial charge in [0.2, 0.25) is 0 Å².